The van der Waals surface area contributed by atoms with Crippen molar-refractivity contribution in [3.63, 3.8) is 0 Å². The van der Waals surface area contributed by atoms with Crippen molar-refractivity contribution in [3.8, 4) is 0 Å². The van der Waals surface area contributed by atoms with E-state index in [2.05, 4.69) is 28.7 Å². The zero-order chi connectivity index (χ0) is 20.4. The number of carbonyl (C=O) groups excluding carboxylic acids is 3. The van der Waals surface area contributed by atoms with E-state index in [4.69, 9.17) is 0 Å². The number of rotatable bonds is 6. The van der Waals surface area contributed by atoms with Crippen LogP contribution in [0.1, 0.15) is 56.9 Å². The minimum Gasteiger partial charge on any atom is -0.322 e. The number of carbonyl (C=O) groups is 3. The Kier molecular flexibility index (Phi) is 5.54. The molecule has 1 saturated heterocycles. The number of unbranched alkanes of at least 4 members (excludes halogenated alkanes) is 1. The van der Waals surface area contributed by atoms with E-state index < -0.39 is 11.6 Å². The van der Waals surface area contributed by atoms with E-state index in [0.717, 1.165) is 41.2 Å². The molecule has 2 N–H and O–H groups in total. The zero-order valence-electron chi connectivity index (χ0n) is 16.6. The first-order valence-electron chi connectivity index (χ1n) is 10.3. The molecule has 2 heterocycles. The number of amides is 4. The highest BCUT2D eigenvalue weighted by Crippen LogP contribution is 2.35. The Morgan fingerprint density at radius 1 is 1.28 bits per heavy atom. The Hall–Kier alpha value is -2.48. The summed E-state index contributed by atoms with van der Waals surface area (Å²) in [7, 11) is 0. The lowest BCUT2D eigenvalue weighted by atomic mass is 9.77. The average molecular weight is 415 g/mol. The van der Waals surface area contributed by atoms with Crippen molar-refractivity contribution in [1.29, 1.82) is 0 Å². The second-order valence-corrected chi connectivity index (χ2v) is 9.27. The van der Waals surface area contributed by atoms with Gasteiger partial charge in [0.05, 0.1) is 15.2 Å². The van der Waals surface area contributed by atoms with Gasteiger partial charge in [0.15, 0.2) is 0 Å². The first-order chi connectivity index (χ1) is 14.0. The van der Waals surface area contributed by atoms with Gasteiger partial charge in [-0.3, -0.25) is 15.0 Å². The molecule has 2 aromatic rings. The molecule has 1 aliphatic carbocycles. The Morgan fingerprint density at radius 2 is 2.03 bits per heavy atom. The minimum absolute atomic E-state index is 0.270. The molecule has 1 saturated carbocycles. The van der Waals surface area contributed by atoms with Crippen molar-refractivity contribution in [1.82, 2.24) is 20.7 Å². The van der Waals surface area contributed by atoms with Crippen LogP contribution in [-0.2, 0) is 16.0 Å². The first kappa shape index (κ1) is 19.8. The number of imide groups is 1. The molecule has 0 bridgehead atoms. The van der Waals surface area contributed by atoms with E-state index in [1.54, 1.807) is 11.3 Å². The minimum atomic E-state index is -0.830. The maximum Gasteiger partial charge on any atom is 0.344 e. The fourth-order valence-corrected chi connectivity index (χ4v) is 5.09. The third-order valence-corrected chi connectivity index (χ3v) is 7.00. The van der Waals surface area contributed by atoms with Crippen LogP contribution in [0.25, 0.3) is 10.2 Å². The number of aryl methyl sites for hydroxylation is 1. The highest BCUT2D eigenvalue weighted by atomic mass is 32.1. The number of nitrogens with zero attached hydrogens (tertiary/aromatic N) is 2. The largest absolute Gasteiger partial charge is 0.344 e. The van der Waals surface area contributed by atoms with E-state index >= 15 is 0 Å². The van der Waals surface area contributed by atoms with Gasteiger partial charge in [-0.1, -0.05) is 19.1 Å². The maximum atomic E-state index is 12.8. The van der Waals surface area contributed by atoms with E-state index in [1.807, 2.05) is 18.2 Å². The molecule has 1 aromatic heterocycles. The van der Waals surface area contributed by atoms with Crippen LogP contribution >= 0.6 is 11.3 Å². The topological polar surface area (TPSA) is 91.4 Å². The number of nitrogens with one attached hydrogen (secondary N) is 2. The fourth-order valence-electron chi connectivity index (χ4n) is 4.08. The summed E-state index contributed by atoms with van der Waals surface area (Å²) in [5, 5.41) is 4.76. The van der Waals surface area contributed by atoms with Crippen LogP contribution in [0, 0.1) is 5.92 Å². The van der Waals surface area contributed by atoms with Crippen LogP contribution in [0.5, 0.6) is 0 Å². The highest BCUT2D eigenvalue weighted by molar-refractivity contribution is 7.18. The van der Waals surface area contributed by atoms with Gasteiger partial charge in [-0.2, -0.15) is 5.01 Å². The molecule has 2 aliphatic rings. The molecular weight excluding hydrogens is 388 g/mol. The number of hydrogen-bond donors (Lipinski definition) is 2. The molecule has 1 spiro atoms. The van der Waals surface area contributed by atoms with Crippen LogP contribution in [0.4, 0.5) is 4.79 Å². The Morgan fingerprint density at radius 3 is 2.79 bits per heavy atom. The molecule has 1 aromatic carbocycles. The summed E-state index contributed by atoms with van der Waals surface area (Å²) in [4.78, 5) is 41.9. The van der Waals surface area contributed by atoms with Crippen molar-refractivity contribution in [3.05, 3.63) is 29.3 Å². The number of urea groups is 1. The maximum absolute atomic E-state index is 12.8. The molecule has 4 rings (SSSR count). The van der Waals surface area contributed by atoms with Gasteiger partial charge >= 0.3 is 6.03 Å². The summed E-state index contributed by atoms with van der Waals surface area (Å²) in [5.41, 5.74) is 2.68. The summed E-state index contributed by atoms with van der Waals surface area (Å²) in [6.07, 6.45) is 5.66. The number of benzene rings is 1. The summed E-state index contributed by atoms with van der Waals surface area (Å²) >= 11 is 1.68. The normalized spacial score (nSPS) is 24.3. The molecule has 154 valence electrons. The monoisotopic (exact) mass is 414 g/mol. The second-order valence-electron chi connectivity index (χ2n) is 8.15. The van der Waals surface area contributed by atoms with Gasteiger partial charge in [0, 0.05) is 6.42 Å². The number of fused-ring (bicyclic) bond motifs is 1. The number of aromatic nitrogens is 1. The molecule has 2 fully saturated rings. The third kappa shape index (κ3) is 4.12. The number of hydrazine groups is 1. The smallest absolute Gasteiger partial charge is 0.322 e. The van der Waals surface area contributed by atoms with Crippen LogP contribution in [-0.4, -0.2) is 33.4 Å². The van der Waals surface area contributed by atoms with Gasteiger partial charge in [-0.25, -0.2) is 9.78 Å². The molecule has 0 radical (unpaired) electrons. The molecule has 8 heteroatoms. The van der Waals surface area contributed by atoms with Gasteiger partial charge in [0.25, 0.3) is 5.91 Å². The first-order valence-corrected chi connectivity index (χ1v) is 11.1. The Bertz CT molecular complexity index is 900. The van der Waals surface area contributed by atoms with Gasteiger partial charge in [-0.05, 0) is 63.0 Å². The average Bonchev–Trinajstić information content (AvgIpc) is 3.22. The third-order valence-electron chi connectivity index (χ3n) is 5.91. The lowest BCUT2D eigenvalue weighted by molar-refractivity contribution is -0.140. The molecule has 1 aliphatic heterocycles. The highest BCUT2D eigenvalue weighted by Gasteiger charge is 2.52. The molecule has 7 nitrogen and oxygen atoms in total. The number of hydrogen-bond acceptors (Lipinski definition) is 5. The number of para-hydroxylation sites is 1. The summed E-state index contributed by atoms with van der Waals surface area (Å²) in [6.45, 7) is 2.15. The summed E-state index contributed by atoms with van der Waals surface area (Å²) in [6, 6.07) is 7.52. The predicted octanol–water partition coefficient (Wildman–Crippen LogP) is 3.54. The molecule has 4 amide bonds. The number of thiazole rings is 1. The molecule has 29 heavy (non-hydrogen) atoms. The SMILES string of the molecule is CC1CCC2(CC1)NC(=O)N(NC(=O)CCCCc1nc3ccccc3s1)C2=O. The second kappa shape index (κ2) is 8.10. The van der Waals surface area contributed by atoms with Gasteiger partial charge < -0.3 is 5.32 Å². The molecule has 0 unspecified atom stereocenters. The fraction of sp³-hybridized carbons (Fsp3) is 0.524. The van der Waals surface area contributed by atoms with Gasteiger partial charge in [0.1, 0.15) is 5.54 Å². The van der Waals surface area contributed by atoms with Crippen LogP contribution < -0.4 is 10.7 Å². The van der Waals surface area contributed by atoms with Crippen LogP contribution in [0.2, 0.25) is 0 Å². The van der Waals surface area contributed by atoms with Gasteiger partial charge in [-0.15, -0.1) is 11.3 Å². The van der Waals surface area contributed by atoms with Crippen molar-refractivity contribution in [2.75, 3.05) is 0 Å². The Labute approximate surface area is 173 Å². The molecular formula is C21H26N4O3S. The van der Waals surface area contributed by atoms with E-state index in [-0.39, 0.29) is 18.2 Å². The quantitative estimate of drug-likeness (QED) is 0.559. The van der Waals surface area contributed by atoms with E-state index in [1.165, 1.54) is 4.70 Å². The standard InChI is InChI=1S/C21H26N4O3S/c1-14-10-12-21(13-11-14)19(27)25(20(28)23-21)24-17(26)8-4-5-9-18-22-15-6-2-3-7-16(15)29-18/h2-3,6-7,14H,4-5,8-13H2,1H3,(H,23,28)(H,24,26). The van der Waals surface area contributed by atoms with Crippen LogP contribution in [0.3, 0.4) is 0 Å². The Balaban J connectivity index is 1.24. The molecule has 0 atom stereocenters. The zero-order valence-corrected chi connectivity index (χ0v) is 17.4. The van der Waals surface area contributed by atoms with E-state index in [9.17, 15) is 14.4 Å². The lowest BCUT2D eigenvalue weighted by Gasteiger charge is -2.33. The predicted molar refractivity (Wildman–Crippen MR) is 111 cm³/mol. The lowest BCUT2D eigenvalue weighted by Crippen LogP contribution is -2.51. The van der Waals surface area contributed by atoms with Crippen molar-refractivity contribution in [2.24, 2.45) is 5.92 Å². The summed E-state index contributed by atoms with van der Waals surface area (Å²) in [5.74, 6) is -0.0688. The van der Waals surface area contributed by atoms with Crippen molar-refractivity contribution in [2.45, 2.75) is 63.8 Å². The van der Waals surface area contributed by atoms with E-state index in [0.29, 0.717) is 25.2 Å². The van der Waals surface area contributed by atoms with Gasteiger partial charge in [0.2, 0.25) is 5.91 Å². The van der Waals surface area contributed by atoms with Crippen molar-refractivity contribution < 1.29 is 14.4 Å². The van der Waals surface area contributed by atoms with Crippen molar-refractivity contribution >= 4 is 39.4 Å². The van der Waals surface area contributed by atoms with Crippen LogP contribution in [0.15, 0.2) is 24.3 Å². The summed E-state index contributed by atoms with van der Waals surface area (Å²) < 4.78 is 1.17.